The number of hydrogen-bond donors (Lipinski definition) is 0. The maximum absolute atomic E-state index is 11.1. The third-order valence-electron chi connectivity index (χ3n) is 3.18. The van der Waals surface area contributed by atoms with Crippen molar-refractivity contribution in [2.75, 3.05) is 24.6 Å². The zero-order chi connectivity index (χ0) is 10.6. The molecule has 2 rings (SSSR count). The monoisotopic (exact) mass is 215 g/mol. The molecule has 0 radical (unpaired) electrons. The van der Waals surface area contributed by atoms with Crippen LogP contribution >= 0.6 is 0 Å². The van der Waals surface area contributed by atoms with Crippen LogP contribution in [0.15, 0.2) is 12.3 Å². The van der Waals surface area contributed by atoms with Gasteiger partial charge in [-0.1, -0.05) is 20.4 Å². The van der Waals surface area contributed by atoms with Crippen LogP contribution < -0.4 is 0 Å². The summed E-state index contributed by atoms with van der Waals surface area (Å²) < 4.78 is 22.1. The highest BCUT2D eigenvalue weighted by Crippen LogP contribution is 2.43. The van der Waals surface area contributed by atoms with Gasteiger partial charge >= 0.3 is 0 Å². The first-order chi connectivity index (χ1) is 6.34. The summed E-state index contributed by atoms with van der Waals surface area (Å²) in [6.07, 6.45) is 0. The molecule has 2 heterocycles. The molecule has 0 N–H and O–H groups in total. The third-order valence-corrected chi connectivity index (χ3v) is 5.28. The van der Waals surface area contributed by atoms with Crippen LogP contribution in [0.25, 0.3) is 0 Å². The van der Waals surface area contributed by atoms with Crippen molar-refractivity contribution in [1.29, 1.82) is 0 Å². The Morgan fingerprint density at radius 3 is 2.21 bits per heavy atom. The predicted octanol–water partition coefficient (Wildman–Crippen LogP) is 0.887. The van der Waals surface area contributed by atoms with Crippen molar-refractivity contribution in [2.24, 2.45) is 11.3 Å². The smallest absolute Gasteiger partial charge is 0.151 e. The highest BCUT2D eigenvalue weighted by atomic mass is 32.2. The van der Waals surface area contributed by atoms with Gasteiger partial charge in [-0.25, -0.2) is 8.42 Å². The summed E-state index contributed by atoms with van der Waals surface area (Å²) in [4.78, 5) is 2.21. The van der Waals surface area contributed by atoms with E-state index < -0.39 is 9.84 Å². The van der Waals surface area contributed by atoms with Crippen LogP contribution in [-0.2, 0) is 9.84 Å². The average molecular weight is 215 g/mol. The van der Waals surface area contributed by atoms with E-state index in [-0.39, 0.29) is 5.41 Å². The molecule has 0 unspecified atom stereocenters. The lowest BCUT2D eigenvalue weighted by Gasteiger charge is -2.56. The van der Waals surface area contributed by atoms with Gasteiger partial charge in [0.2, 0.25) is 0 Å². The lowest BCUT2D eigenvalue weighted by molar-refractivity contribution is 0.0486. The summed E-state index contributed by atoms with van der Waals surface area (Å²) in [6, 6.07) is 0. The molecule has 0 aromatic carbocycles. The zero-order valence-corrected chi connectivity index (χ0v) is 9.60. The molecule has 2 aliphatic rings. The maximum Gasteiger partial charge on any atom is 0.151 e. The van der Waals surface area contributed by atoms with Gasteiger partial charge in [0.05, 0.1) is 11.5 Å². The van der Waals surface area contributed by atoms with Crippen molar-refractivity contribution in [3.8, 4) is 0 Å². The molecule has 80 valence electrons. The lowest BCUT2D eigenvalue weighted by atomic mass is 9.81. The normalized spacial score (nSPS) is 27.2. The van der Waals surface area contributed by atoms with Gasteiger partial charge in [0.1, 0.15) is 0 Å². The third kappa shape index (κ3) is 1.45. The van der Waals surface area contributed by atoms with E-state index in [4.69, 9.17) is 0 Å². The molecule has 0 aliphatic carbocycles. The molecule has 1 spiro atoms. The van der Waals surface area contributed by atoms with Crippen LogP contribution in [0.1, 0.15) is 13.8 Å². The second-order valence-electron chi connectivity index (χ2n) is 5.03. The number of rotatable bonds is 2. The first-order valence-corrected chi connectivity index (χ1v) is 6.80. The summed E-state index contributed by atoms with van der Waals surface area (Å²) in [5.74, 6) is 1.24. The van der Waals surface area contributed by atoms with Gasteiger partial charge in [-0.3, -0.25) is 0 Å². The minimum absolute atomic E-state index is 0.0939. The predicted molar refractivity (Wildman–Crippen MR) is 56.6 cm³/mol. The molecule has 2 fully saturated rings. The van der Waals surface area contributed by atoms with Crippen LogP contribution in [0.3, 0.4) is 0 Å². The molecule has 0 aromatic rings. The van der Waals surface area contributed by atoms with Gasteiger partial charge in [0.25, 0.3) is 0 Å². The fourth-order valence-electron chi connectivity index (χ4n) is 2.40. The standard InChI is InChI=1S/C10H17NO2S/c1-8(2)9(3)11-4-10(5-11)6-14(12,13)7-10/h8H,3-7H2,1-2H3. The summed E-state index contributed by atoms with van der Waals surface area (Å²) in [5, 5.41) is 0. The summed E-state index contributed by atoms with van der Waals surface area (Å²) in [5.41, 5.74) is 1.23. The molecule has 14 heavy (non-hydrogen) atoms. The fourth-order valence-corrected chi connectivity index (χ4v) is 4.55. The Bertz CT molecular complexity index is 350. The molecule has 0 aromatic heterocycles. The van der Waals surface area contributed by atoms with Crippen molar-refractivity contribution < 1.29 is 8.42 Å². The Kier molecular flexibility index (Phi) is 1.97. The quantitative estimate of drug-likeness (QED) is 0.686. The minimum Gasteiger partial charge on any atom is -0.374 e. The van der Waals surface area contributed by atoms with Crippen LogP contribution in [0.4, 0.5) is 0 Å². The molecule has 3 nitrogen and oxygen atoms in total. The first-order valence-electron chi connectivity index (χ1n) is 4.98. The van der Waals surface area contributed by atoms with E-state index in [9.17, 15) is 8.42 Å². The van der Waals surface area contributed by atoms with Crippen molar-refractivity contribution in [3.63, 3.8) is 0 Å². The number of likely N-dealkylation sites (tertiary alicyclic amines) is 1. The minimum atomic E-state index is -2.68. The Labute approximate surface area is 85.7 Å². The van der Waals surface area contributed by atoms with Gasteiger partial charge in [-0.05, 0) is 5.92 Å². The summed E-state index contributed by atoms with van der Waals surface area (Å²) >= 11 is 0. The molecule has 2 aliphatic heterocycles. The van der Waals surface area contributed by atoms with Crippen LogP contribution in [0.5, 0.6) is 0 Å². The zero-order valence-electron chi connectivity index (χ0n) is 8.78. The van der Waals surface area contributed by atoms with Crippen molar-refractivity contribution in [2.45, 2.75) is 13.8 Å². The van der Waals surface area contributed by atoms with Crippen molar-refractivity contribution >= 4 is 9.84 Å². The Balaban J connectivity index is 1.90. The topological polar surface area (TPSA) is 37.4 Å². The SMILES string of the molecule is C=C(C(C)C)N1CC2(C1)CS(=O)(=O)C2. The second-order valence-corrected chi connectivity index (χ2v) is 7.10. The van der Waals surface area contributed by atoms with Gasteiger partial charge in [0, 0.05) is 24.2 Å². The molecular formula is C10H17NO2S. The van der Waals surface area contributed by atoms with Crippen molar-refractivity contribution in [3.05, 3.63) is 12.3 Å². The largest absolute Gasteiger partial charge is 0.374 e. The number of hydrogen-bond acceptors (Lipinski definition) is 3. The van der Waals surface area contributed by atoms with E-state index in [1.54, 1.807) is 0 Å². The number of nitrogens with zero attached hydrogens (tertiary/aromatic N) is 1. The Hall–Kier alpha value is -0.510. The first kappa shape index (κ1) is 10.0. The van der Waals surface area contributed by atoms with E-state index >= 15 is 0 Å². The Morgan fingerprint density at radius 2 is 1.86 bits per heavy atom. The summed E-state index contributed by atoms with van der Waals surface area (Å²) in [7, 11) is -2.68. The molecule has 0 saturated carbocycles. The molecular weight excluding hydrogens is 198 g/mol. The van der Waals surface area contributed by atoms with Crippen LogP contribution in [0.2, 0.25) is 0 Å². The average Bonchev–Trinajstić information content (AvgIpc) is 1.93. The van der Waals surface area contributed by atoms with Gasteiger partial charge < -0.3 is 4.90 Å². The highest BCUT2D eigenvalue weighted by Gasteiger charge is 2.56. The second kappa shape index (κ2) is 2.75. The fraction of sp³-hybridized carbons (Fsp3) is 0.800. The number of allylic oxidation sites excluding steroid dienone is 1. The number of sulfone groups is 1. The van der Waals surface area contributed by atoms with Crippen molar-refractivity contribution in [1.82, 2.24) is 4.90 Å². The summed E-state index contributed by atoms with van der Waals surface area (Å²) in [6.45, 7) is 10.0. The van der Waals surface area contributed by atoms with Crippen LogP contribution in [-0.4, -0.2) is 37.9 Å². The van der Waals surface area contributed by atoms with E-state index in [1.165, 1.54) is 0 Å². The van der Waals surface area contributed by atoms with Gasteiger partial charge in [-0.2, -0.15) is 0 Å². The molecule has 0 atom stereocenters. The Morgan fingerprint density at radius 1 is 1.36 bits per heavy atom. The molecule has 4 heteroatoms. The van der Waals surface area contributed by atoms with Crippen LogP contribution in [0, 0.1) is 11.3 Å². The lowest BCUT2D eigenvalue weighted by Crippen LogP contribution is -2.67. The van der Waals surface area contributed by atoms with E-state index in [0.29, 0.717) is 17.4 Å². The molecule has 0 amide bonds. The highest BCUT2D eigenvalue weighted by molar-refractivity contribution is 7.92. The molecule has 0 bridgehead atoms. The maximum atomic E-state index is 11.1. The van der Waals surface area contributed by atoms with Gasteiger partial charge in [-0.15, -0.1) is 0 Å². The van der Waals surface area contributed by atoms with E-state index in [0.717, 1.165) is 18.8 Å². The molecule has 2 saturated heterocycles. The van der Waals surface area contributed by atoms with E-state index in [1.807, 2.05) is 0 Å². The van der Waals surface area contributed by atoms with E-state index in [2.05, 4.69) is 25.3 Å². The van der Waals surface area contributed by atoms with Gasteiger partial charge in [0.15, 0.2) is 9.84 Å².